The van der Waals surface area contributed by atoms with Gasteiger partial charge in [-0.15, -0.1) is 11.3 Å². The van der Waals surface area contributed by atoms with Crippen LogP contribution < -0.4 is 10.0 Å². The first-order chi connectivity index (χ1) is 9.46. The molecular weight excluding hydrogens is 296 g/mol. The van der Waals surface area contributed by atoms with Crippen LogP contribution in [0.4, 0.5) is 0 Å². The van der Waals surface area contributed by atoms with Crippen molar-refractivity contribution < 1.29 is 13.2 Å². The molecule has 0 aromatic carbocycles. The van der Waals surface area contributed by atoms with Gasteiger partial charge in [-0.05, 0) is 39.8 Å². The molecule has 1 fully saturated rings. The lowest BCUT2D eigenvalue weighted by Crippen LogP contribution is -2.47. The molecule has 0 unspecified atom stereocenters. The fraction of sp³-hybridized carbons (Fsp3) is 0.692. The van der Waals surface area contributed by atoms with Crippen LogP contribution in [0.25, 0.3) is 0 Å². The van der Waals surface area contributed by atoms with Gasteiger partial charge in [0.1, 0.15) is 0 Å². The van der Waals surface area contributed by atoms with E-state index in [2.05, 4.69) is 10.0 Å². The van der Waals surface area contributed by atoms with Crippen molar-refractivity contribution in [3.63, 3.8) is 0 Å². The number of nitrogens with one attached hydrogen (secondary N) is 2. The highest BCUT2D eigenvalue weighted by atomic mass is 32.2. The number of hydrogen-bond donors (Lipinski definition) is 2. The van der Waals surface area contributed by atoms with E-state index in [1.807, 2.05) is 20.9 Å². The topological polar surface area (TPSA) is 67.4 Å². The van der Waals surface area contributed by atoms with Crippen LogP contribution in [0.15, 0.2) is 11.0 Å². The van der Waals surface area contributed by atoms with Crippen molar-refractivity contribution in [1.29, 1.82) is 0 Å². The molecule has 1 aliphatic rings. The highest BCUT2D eigenvalue weighted by Gasteiger charge is 2.33. The summed E-state index contributed by atoms with van der Waals surface area (Å²) in [7, 11) is -1.56. The van der Waals surface area contributed by atoms with E-state index in [0.29, 0.717) is 18.0 Å². The van der Waals surface area contributed by atoms with Crippen LogP contribution in [0.3, 0.4) is 0 Å². The molecule has 1 aromatic rings. The fourth-order valence-electron chi connectivity index (χ4n) is 2.37. The zero-order valence-corrected chi connectivity index (χ0v) is 13.7. The Morgan fingerprint density at radius 1 is 1.45 bits per heavy atom. The first kappa shape index (κ1) is 15.9. The number of hydrogen-bond acceptors (Lipinski definition) is 5. The first-order valence-corrected chi connectivity index (χ1v) is 9.14. The van der Waals surface area contributed by atoms with Crippen LogP contribution in [-0.2, 0) is 21.3 Å². The zero-order valence-electron chi connectivity index (χ0n) is 12.1. The maximum absolute atomic E-state index is 12.4. The van der Waals surface area contributed by atoms with Crippen molar-refractivity contribution >= 4 is 21.4 Å². The van der Waals surface area contributed by atoms with Gasteiger partial charge in [0.15, 0.2) is 0 Å². The van der Waals surface area contributed by atoms with E-state index in [-0.39, 0.29) is 12.1 Å². The Balaban J connectivity index is 2.00. The van der Waals surface area contributed by atoms with Gasteiger partial charge in [0.2, 0.25) is 10.0 Å². The average Bonchev–Trinajstić information content (AvgIpc) is 2.69. The molecule has 1 aliphatic carbocycles. The quantitative estimate of drug-likeness (QED) is 0.802. The SMILES string of the molecule is CCOC1CC(NS(=O)(=O)c2cc(CNC)sc2C)C1. The van der Waals surface area contributed by atoms with Crippen LogP contribution in [0, 0.1) is 6.92 Å². The summed E-state index contributed by atoms with van der Waals surface area (Å²) >= 11 is 1.52. The molecule has 114 valence electrons. The number of rotatable bonds is 7. The van der Waals surface area contributed by atoms with Crippen LogP contribution in [0.2, 0.25) is 0 Å². The summed E-state index contributed by atoms with van der Waals surface area (Å²) < 4.78 is 33.0. The Morgan fingerprint density at radius 3 is 2.75 bits per heavy atom. The third-order valence-corrected chi connectivity index (χ3v) is 6.21. The van der Waals surface area contributed by atoms with Crippen molar-refractivity contribution in [1.82, 2.24) is 10.0 Å². The lowest BCUT2D eigenvalue weighted by Gasteiger charge is -2.35. The standard InChI is InChI=1S/C13H22N2O3S2/c1-4-18-11-5-10(6-11)15-20(16,17)13-7-12(8-14-3)19-9(13)2/h7,10-11,14-15H,4-6,8H2,1-3H3. The fourth-order valence-corrected chi connectivity index (χ4v) is 5.28. The van der Waals surface area contributed by atoms with Gasteiger partial charge in [-0.25, -0.2) is 13.1 Å². The van der Waals surface area contributed by atoms with Crippen LogP contribution in [-0.4, -0.2) is 34.2 Å². The van der Waals surface area contributed by atoms with Gasteiger partial charge < -0.3 is 10.1 Å². The number of aryl methyl sites for hydroxylation is 1. The predicted octanol–water partition coefficient (Wildman–Crippen LogP) is 1.62. The minimum Gasteiger partial charge on any atom is -0.378 e. The Morgan fingerprint density at radius 2 is 2.15 bits per heavy atom. The molecule has 1 heterocycles. The summed E-state index contributed by atoms with van der Waals surface area (Å²) in [4.78, 5) is 2.28. The van der Waals surface area contributed by atoms with Crippen molar-refractivity contribution in [3.8, 4) is 0 Å². The lowest BCUT2D eigenvalue weighted by atomic mass is 9.90. The van der Waals surface area contributed by atoms with Gasteiger partial charge in [-0.1, -0.05) is 0 Å². The Hall–Kier alpha value is -0.470. The minimum atomic E-state index is -3.41. The Bertz CT molecular complexity index is 548. The van der Waals surface area contributed by atoms with Gasteiger partial charge in [0, 0.05) is 28.9 Å². The van der Waals surface area contributed by atoms with Gasteiger partial charge in [0.25, 0.3) is 0 Å². The molecule has 2 N–H and O–H groups in total. The molecule has 0 saturated heterocycles. The van der Waals surface area contributed by atoms with Crippen molar-refractivity contribution in [2.45, 2.75) is 50.3 Å². The normalized spacial score (nSPS) is 22.8. The molecule has 0 bridgehead atoms. The van der Waals surface area contributed by atoms with Gasteiger partial charge >= 0.3 is 0 Å². The highest BCUT2D eigenvalue weighted by Crippen LogP contribution is 2.29. The molecule has 20 heavy (non-hydrogen) atoms. The van der Waals surface area contributed by atoms with E-state index in [4.69, 9.17) is 4.74 Å². The van der Waals surface area contributed by atoms with E-state index < -0.39 is 10.0 Å². The van der Waals surface area contributed by atoms with Gasteiger partial charge in [-0.3, -0.25) is 0 Å². The van der Waals surface area contributed by atoms with Crippen LogP contribution in [0.5, 0.6) is 0 Å². The molecule has 0 atom stereocenters. The van der Waals surface area contributed by atoms with Gasteiger partial charge in [-0.2, -0.15) is 0 Å². The number of sulfonamides is 1. The second-order valence-electron chi connectivity index (χ2n) is 5.03. The van der Waals surface area contributed by atoms with E-state index in [1.54, 1.807) is 6.07 Å². The molecular formula is C13H22N2O3S2. The molecule has 1 aromatic heterocycles. The molecule has 0 radical (unpaired) electrons. The number of ether oxygens (including phenoxy) is 1. The number of thiophene rings is 1. The van der Waals surface area contributed by atoms with Crippen molar-refractivity contribution in [2.75, 3.05) is 13.7 Å². The summed E-state index contributed by atoms with van der Waals surface area (Å²) in [6.45, 7) is 5.18. The van der Waals surface area contributed by atoms with E-state index in [9.17, 15) is 8.42 Å². The third-order valence-electron chi connectivity index (χ3n) is 3.38. The summed E-state index contributed by atoms with van der Waals surface area (Å²) in [6, 6.07) is 1.76. The van der Waals surface area contributed by atoms with E-state index in [1.165, 1.54) is 11.3 Å². The molecule has 2 rings (SSSR count). The van der Waals surface area contributed by atoms with Crippen molar-refractivity contribution in [3.05, 3.63) is 15.8 Å². The molecule has 7 heteroatoms. The largest absolute Gasteiger partial charge is 0.378 e. The van der Waals surface area contributed by atoms with Crippen LogP contribution in [0.1, 0.15) is 29.5 Å². The Kier molecular flexibility index (Phi) is 5.19. The van der Waals surface area contributed by atoms with E-state index in [0.717, 1.165) is 22.6 Å². The third kappa shape index (κ3) is 3.59. The minimum absolute atomic E-state index is 0.00333. The zero-order chi connectivity index (χ0) is 14.8. The van der Waals surface area contributed by atoms with Crippen LogP contribution >= 0.6 is 11.3 Å². The molecule has 0 spiro atoms. The smallest absolute Gasteiger partial charge is 0.241 e. The molecule has 0 amide bonds. The Labute approximate surface area is 124 Å². The monoisotopic (exact) mass is 318 g/mol. The molecule has 5 nitrogen and oxygen atoms in total. The maximum Gasteiger partial charge on any atom is 0.241 e. The predicted molar refractivity (Wildman–Crippen MR) is 80.6 cm³/mol. The summed E-state index contributed by atoms with van der Waals surface area (Å²) in [5, 5.41) is 3.04. The van der Waals surface area contributed by atoms with Gasteiger partial charge in [0.05, 0.1) is 11.0 Å². The average molecular weight is 318 g/mol. The second kappa shape index (κ2) is 6.53. The summed E-state index contributed by atoms with van der Waals surface area (Å²) in [6.07, 6.45) is 1.73. The molecule has 1 saturated carbocycles. The van der Waals surface area contributed by atoms with Crippen molar-refractivity contribution in [2.24, 2.45) is 0 Å². The maximum atomic E-state index is 12.4. The lowest BCUT2D eigenvalue weighted by molar-refractivity contribution is -0.00475. The molecule has 0 aliphatic heterocycles. The summed E-state index contributed by atoms with van der Waals surface area (Å²) in [5.74, 6) is 0. The first-order valence-electron chi connectivity index (χ1n) is 6.84. The van der Waals surface area contributed by atoms with E-state index >= 15 is 0 Å². The highest BCUT2D eigenvalue weighted by molar-refractivity contribution is 7.89. The summed E-state index contributed by atoms with van der Waals surface area (Å²) in [5.41, 5.74) is 0. The second-order valence-corrected chi connectivity index (χ2v) is 8.05.